The maximum atomic E-state index is 5.57. The van der Waals surface area contributed by atoms with E-state index in [9.17, 15) is 0 Å². The summed E-state index contributed by atoms with van der Waals surface area (Å²) in [5, 5.41) is 6.61. The molecule has 94 valence electrons. The lowest BCUT2D eigenvalue weighted by Gasteiger charge is -2.17. The van der Waals surface area contributed by atoms with Gasteiger partial charge < -0.3 is 10.1 Å². The van der Waals surface area contributed by atoms with Crippen molar-refractivity contribution >= 4 is 17.0 Å². The van der Waals surface area contributed by atoms with Crippen LogP contribution in [0.15, 0.2) is 35.8 Å². The van der Waals surface area contributed by atoms with Crippen LogP contribution in [0.25, 0.3) is 10.6 Å². The van der Waals surface area contributed by atoms with Crippen molar-refractivity contribution in [2.45, 2.75) is 25.5 Å². The molecule has 1 aliphatic heterocycles. The zero-order valence-electron chi connectivity index (χ0n) is 10.3. The topological polar surface area (TPSA) is 34.1 Å². The molecule has 1 N–H and O–H groups in total. The number of hydrogen-bond acceptors (Lipinski definition) is 4. The quantitative estimate of drug-likeness (QED) is 0.918. The summed E-state index contributed by atoms with van der Waals surface area (Å²) >= 11 is 1.66. The number of ether oxygens (including phenoxy) is 1. The molecule has 1 fully saturated rings. The fraction of sp³-hybridized carbons (Fsp3) is 0.357. The summed E-state index contributed by atoms with van der Waals surface area (Å²) in [6.07, 6.45) is 3.20. The van der Waals surface area contributed by atoms with Crippen molar-refractivity contribution in [2.75, 3.05) is 11.9 Å². The molecule has 0 saturated carbocycles. The average Bonchev–Trinajstić information content (AvgIpc) is 3.02. The number of thiazole rings is 1. The van der Waals surface area contributed by atoms with E-state index >= 15 is 0 Å². The van der Waals surface area contributed by atoms with Crippen LogP contribution in [-0.2, 0) is 4.74 Å². The summed E-state index contributed by atoms with van der Waals surface area (Å²) in [6.45, 7) is 2.97. The van der Waals surface area contributed by atoms with Gasteiger partial charge in [-0.1, -0.05) is 12.1 Å². The molecule has 1 saturated heterocycles. The van der Waals surface area contributed by atoms with Crippen LogP contribution in [-0.4, -0.2) is 23.7 Å². The van der Waals surface area contributed by atoms with Gasteiger partial charge in [-0.15, -0.1) is 11.3 Å². The van der Waals surface area contributed by atoms with Gasteiger partial charge in [0.1, 0.15) is 5.01 Å². The van der Waals surface area contributed by atoms with E-state index in [0.29, 0.717) is 6.04 Å². The van der Waals surface area contributed by atoms with Gasteiger partial charge in [-0.2, -0.15) is 0 Å². The molecular formula is C14H16N2OS. The molecule has 4 heteroatoms. The first-order valence-corrected chi connectivity index (χ1v) is 7.09. The average molecular weight is 260 g/mol. The highest BCUT2D eigenvalue weighted by Crippen LogP contribution is 2.26. The van der Waals surface area contributed by atoms with Gasteiger partial charge in [0.2, 0.25) is 0 Å². The fourth-order valence-electron chi connectivity index (χ4n) is 2.24. The molecule has 2 aromatic rings. The molecule has 1 aromatic carbocycles. The van der Waals surface area contributed by atoms with E-state index in [1.807, 2.05) is 11.6 Å². The van der Waals surface area contributed by atoms with Crippen LogP contribution in [0, 0.1) is 0 Å². The molecule has 2 heterocycles. The van der Waals surface area contributed by atoms with Gasteiger partial charge in [-0.3, -0.25) is 0 Å². The highest BCUT2D eigenvalue weighted by Gasteiger charge is 2.23. The molecule has 2 atom stereocenters. The van der Waals surface area contributed by atoms with Crippen molar-refractivity contribution in [3.8, 4) is 10.6 Å². The number of hydrogen-bond donors (Lipinski definition) is 1. The highest BCUT2D eigenvalue weighted by molar-refractivity contribution is 7.13. The second kappa shape index (κ2) is 5.08. The first kappa shape index (κ1) is 11.7. The predicted octanol–water partition coefficient (Wildman–Crippen LogP) is 3.40. The van der Waals surface area contributed by atoms with Crippen molar-refractivity contribution in [1.29, 1.82) is 0 Å². The Morgan fingerprint density at radius 1 is 1.44 bits per heavy atom. The molecule has 0 bridgehead atoms. The predicted molar refractivity (Wildman–Crippen MR) is 75.0 cm³/mol. The lowest BCUT2D eigenvalue weighted by Crippen LogP contribution is -2.26. The first-order chi connectivity index (χ1) is 8.83. The maximum absolute atomic E-state index is 5.57. The van der Waals surface area contributed by atoms with E-state index < -0.39 is 0 Å². The Morgan fingerprint density at radius 2 is 2.39 bits per heavy atom. The van der Waals surface area contributed by atoms with Crippen LogP contribution in [0.2, 0.25) is 0 Å². The van der Waals surface area contributed by atoms with Crippen LogP contribution in [0.1, 0.15) is 13.3 Å². The smallest absolute Gasteiger partial charge is 0.123 e. The molecule has 0 spiro atoms. The summed E-state index contributed by atoms with van der Waals surface area (Å²) in [4.78, 5) is 4.34. The van der Waals surface area contributed by atoms with E-state index in [2.05, 4.69) is 41.5 Å². The molecular weight excluding hydrogens is 244 g/mol. The summed E-state index contributed by atoms with van der Waals surface area (Å²) in [6, 6.07) is 8.83. The molecule has 18 heavy (non-hydrogen) atoms. The summed E-state index contributed by atoms with van der Waals surface area (Å²) in [5.41, 5.74) is 2.31. The van der Waals surface area contributed by atoms with E-state index in [1.165, 1.54) is 5.56 Å². The van der Waals surface area contributed by atoms with Gasteiger partial charge >= 0.3 is 0 Å². The van der Waals surface area contributed by atoms with Gasteiger partial charge in [-0.25, -0.2) is 4.98 Å². The zero-order chi connectivity index (χ0) is 12.4. The number of aromatic nitrogens is 1. The molecule has 2 unspecified atom stereocenters. The molecule has 0 amide bonds. The third-order valence-electron chi connectivity index (χ3n) is 3.27. The van der Waals surface area contributed by atoms with Gasteiger partial charge in [0.15, 0.2) is 0 Å². The minimum Gasteiger partial charge on any atom is -0.380 e. The lowest BCUT2D eigenvalue weighted by atomic mass is 10.1. The van der Waals surface area contributed by atoms with Crippen LogP contribution in [0.4, 0.5) is 5.69 Å². The van der Waals surface area contributed by atoms with Crippen LogP contribution in [0.5, 0.6) is 0 Å². The standard InChI is InChI=1S/C14H16N2OS/c1-10-13(5-7-17-10)16-12-4-2-3-11(9-12)14-15-6-8-18-14/h2-4,6,8-10,13,16H,5,7H2,1H3. The number of anilines is 1. The summed E-state index contributed by atoms with van der Waals surface area (Å²) in [5.74, 6) is 0. The molecule has 1 aromatic heterocycles. The van der Waals surface area contributed by atoms with Crippen molar-refractivity contribution in [2.24, 2.45) is 0 Å². The largest absolute Gasteiger partial charge is 0.380 e. The molecule has 3 rings (SSSR count). The first-order valence-electron chi connectivity index (χ1n) is 6.21. The Balaban J connectivity index is 1.79. The molecule has 1 aliphatic rings. The Kier molecular flexibility index (Phi) is 3.30. The number of nitrogens with zero attached hydrogens (tertiary/aromatic N) is 1. The van der Waals surface area contributed by atoms with E-state index in [1.54, 1.807) is 11.3 Å². The third kappa shape index (κ3) is 2.40. The number of rotatable bonds is 3. The zero-order valence-corrected chi connectivity index (χ0v) is 11.1. The summed E-state index contributed by atoms with van der Waals surface area (Å²) in [7, 11) is 0. The second-order valence-electron chi connectivity index (χ2n) is 4.53. The summed E-state index contributed by atoms with van der Waals surface area (Å²) < 4.78 is 5.57. The Bertz CT molecular complexity index is 512. The fourth-order valence-corrected chi connectivity index (χ4v) is 2.88. The Morgan fingerprint density at radius 3 is 3.11 bits per heavy atom. The van der Waals surface area contributed by atoms with Crippen molar-refractivity contribution in [3.63, 3.8) is 0 Å². The highest BCUT2D eigenvalue weighted by atomic mass is 32.1. The van der Waals surface area contributed by atoms with Gasteiger partial charge in [-0.05, 0) is 25.5 Å². The maximum Gasteiger partial charge on any atom is 0.123 e. The van der Waals surface area contributed by atoms with E-state index in [0.717, 1.165) is 23.7 Å². The lowest BCUT2D eigenvalue weighted by molar-refractivity contribution is 0.121. The van der Waals surface area contributed by atoms with Crippen LogP contribution >= 0.6 is 11.3 Å². The Hall–Kier alpha value is -1.39. The van der Waals surface area contributed by atoms with Gasteiger partial charge in [0.05, 0.1) is 12.1 Å². The van der Waals surface area contributed by atoms with Gasteiger partial charge in [0, 0.05) is 29.4 Å². The molecule has 0 radical (unpaired) electrons. The minimum atomic E-state index is 0.286. The molecule has 3 nitrogen and oxygen atoms in total. The second-order valence-corrected chi connectivity index (χ2v) is 5.43. The monoisotopic (exact) mass is 260 g/mol. The van der Waals surface area contributed by atoms with Crippen molar-refractivity contribution in [1.82, 2.24) is 4.98 Å². The van der Waals surface area contributed by atoms with Gasteiger partial charge in [0.25, 0.3) is 0 Å². The number of nitrogens with one attached hydrogen (secondary N) is 1. The normalized spacial score (nSPS) is 23.2. The minimum absolute atomic E-state index is 0.286. The number of benzene rings is 1. The van der Waals surface area contributed by atoms with Crippen LogP contribution < -0.4 is 5.32 Å². The van der Waals surface area contributed by atoms with E-state index in [4.69, 9.17) is 4.74 Å². The Labute approximate surface area is 111 Å². The van der Waals surface area contributed by atoms with Crippen LogP contribution in [0.3, 0.4) is 0 Å². The third-order valence-corrected chi connectivity index (χ3v) is 4.09. The SMILES string of the molecule is CC1OCCC1Nc1cccc(-c2nccs2)c1. The molecule has 0 aliphatic carbocycles. The van der Waals surface area contributed by atoms with Crippen molar-refractivity contribution < 1.29 is 4.74 Å². The van der Waals surface area contributed by atoms with Crippen molar-refractivity contribution in [3.05, 3.63) is 35.8 Å². The van der Waals surface area contributed by atoms with E-state index in [-0.39, 0.29) is 6.10 Å².